The van der Waals surface area contributed by atoms with Crippen molar-refractivity contribution >= 4 is 11.6 Å². The third-order valence-electron chi connectivity index (χ3n) is 4.63. The summed E-state index contributed by atoms with van der Waals surface area (Å²) in [6.45, 7) is 6.70. The SMILES string of the molecule is CCn1cc(NC(=O)C2CCN(C(C)c3ncccn3)CC2)cn1. The molecule has 1 N–H and O–H groups in total. The quantitative estimate of drug-likeness (QED) is 0.910. The van der Waals surface area contributed by atoms with Gasteiger partial charge in [0.05, 0.1) is 17.9 Å². The Kier molecular flexibility index (Phi) is 5.20. The number of hydrogen-bond acceptors (Lipinski definition) is 5. The fraction of sp³-hybridized carbons (Fsp3) is 0.529. The summed E-state index contributed by atoms with van der Waals surface area (Å²) in [5, 5.41) is 7.16. The Morgan fingerprint density at radius 1 is 1.33 bits per heavy atom. The lowest BCUT2D eigenvalue weighted by atomic mass is 9.95. The number of carbonyl (C=O) groups excluding carboxylic acids is 1. The highest BCUT2D eigenvalue weighted by Gasteiger charge is 2.28. The zero-order chi connectivity index (χ0) is 16.9. The molecule has 24 heavy (non-hydrogen) atoms. The number of nitrogens with one attached hydrogen (secondary N) is 1. The molecule has 7 heteroatoms. The zero-order valence-corrected chi connectivity index (χ0v) is 14.2. The zero-order valence-electron chi connectivity index (χ0n) is 14.2. The van der Waals surface area contributed by atoms with E-state index >= 15 is 0 Å². The van der Waals surface area contributed by atoms with E-state index < -0.39 is 0 Å². The molecule has 1 unspecified atom stereocenters. The molecule has 0 aromatic carbocycles. The number of carbonyl (C=O) groups is 1. The van der Waals surface area contributed by atoms with E-state index in [1.165, 1.54) is 0 Å². The van der Waals surface area contributed by atoms with E-state index in [-0.39, 0.29) is 17.9 Å². The Morgan fingerprint density at radius 3 is 2.67 bits per heavy atom. The van der Waals surface area contributed by atoms with Crippen molar-refractivity contribution in [1.82, 2.24) is 24.6 Å². The van der Waals surface area contributed by atoms with Crippen molar-refractivity contribution in [3.05, 3.63) is 36.7 Å². The number of hydrogen-bond donors (Lipinski definition) is 1. The predicted octanol–water partition coefficient (Wildman–Crippen LogP) is 2.10. The highest BCUT2D eigenvalue weighted by Crippen LogP contribution is 2.25. The summed E-state index contributed by atoms with van der Waals surface area (Å²) in [6, 6.07) is 2.01. The van der Waals surface area contributed by atoms with Gasteiger partial charge in [0.2, 0.25) is 5.91 Å². The Balaban J connectivity index is 1.52. The van der Waals surface area contributed by atoms with E-state index in [4.69, 9.17) is 0 Å². The van der Waals surface area contributed by atoms with Crippen molar-refractivity contribution in [2.24, 2.45) is 5.92 Å². The average Bonchev–Trinajstić information content (AvgIpc) is 3.09. The topological polar surface area (TPSA) is 75.9 Å². The van der Waals surface area contributed by atoms with Gasteiger partial charge in [-0.25, -0.2) is 9.97 Å². The second kappa shape index (κ2) is 7.53. The largest absolute Gasteiger partial charge is 0.323 e. The minimum atomic E-state index is 0.0510. The second-order valence-electron chi connectivity index (χ2n) is 6.17. The van der Waals surface area contributed by atoms with Crippen molar-refractivity contribution in [2.45, 2.75) is 39.3 Å². The second-order valence-corrected chi connectivity index (χ2v) is 6.17. The highest BCUT2D eigenvalue weighted by atomic mass is 16.1. The van der Waals surface area contributed by atoms with E-state index in [1.54, 1.807) is 23.3 Å². The van der Waals surface area contributed by atoms with Crippen LogP contribution in [0.3, 0.4) is 0 Å². The van der Waals surface area contributed by atoms with Crippen LogP contribution in [0, 0.1) is 5.92 Å². The van der Waals surface area contributed by atoms with Crippen molar-refractivity contribution in [3.8, 4) is 0 Å². The van der Waals surface area contributed by atoms with Crippen LogP contribution in [-0.4, -0.2) is 43.6 Å². The maximum absolute atomic E-state index is 12.4. The Bertz CT molecular complexity index is 663. The van der Waals surface area contributed by atoms with Crippen LogP contribution in [0.5, 0.6) is 0 Å². The summed E-state index contributed by atoms with van der Waals surface area (Å²) in [5.41, 5.74) is 0.773. The molecule has 0 aliphatic carbocycles. The summed E-state index contributed by atoms with van der Waals surface area (Å²) < 4.78 is 1.81. The number of nitrogens with zero attached hydrogens (tertiary/aromatic N) is 5. The smallest absolute Gasteiger partial charge is 0.227 e. The Hall–Kier alpha value is -2.28. The number of aryl methyl sites for hydroxylation is 1. The first-order valence-corrected chi connectivity index (χ1v) is 8.51. The van der Waals surface area contributed by atoms with E-state index in [1.807, 2.05) is 19.2 Å². The molecule has 1 amide bonds. The van der Waals surface area contributed by atoms with Crippen LogP contribution in [-0.2, 0) is 11.3 Å². The minimum Gasteiger partial charge on any atom is -0.323 e. The molecule has 0 radical (unpaired) electrons. The summed E-state index contributed by atoms with van der Waals surface area (Å²) in [7, 11) is 0. The number of piperidine rings is 1. The van der Waals surface area contributed by atoms with E-state index in [0.717, 1.165) is 44.0 Å². The molecule has 0 saturated carbocycles. The van der Waals surface area contributed by atoms with Gasteiger partial charge in [-0.2, -0.15) is 5.10 Å². The number of rotatable bonds is 5. The van der Waals surface area contributed by atoms with Crippen molar-refractivity contribution in [1.29, 1.82) is 0 Å². The molecule has 2 aromatic heterocycles. The van der Waals surface area contributed by atoms with Gasteiger partial charge in [-0.3, -0.25) is 14.4 Å². The molecule has 3 heterocycles. The first-order chi connectivity index (χ1) is 11.7. The lowest BCUT2D eigenvalue weighted by Gasteiger charge is -2.34. The molecule has 3 rings (SSSR count). The maximum atomic E-state index is 12.4. The Morgan fingerprint density at radius 2 is 2.04 bits per heavy atom. The molecular weight excluding hydrogens is 304 g/mol. The van der Waals surface area contributed by atoms with Gasteiger partial charge in [0, 0.05) is 31.1 Å². The Labute approximate surface area is 142 Å². The van der Waals surface area contributed by atoms with Gasteiger partial charge >= 0.3 is 0 Å². The molecule has 7 nitrogen and oxygen atoms in total. The minimum absolute atomic E-state index is 0.0510. The fourth-order valence-corrected chi connectivity index (χ4v) is 3.08. The highest BCUT2D eigenvalue weighted by molar-refractivity contribution is 5.92. The molecule has 1 aliphatic rings. The lowest BCUT2D eigenvalue weighted by Crippen LogP contribution is -2.39. The van der Waals surface area contributed by atoms with Crippen molar-refractivity contribution in [3.63, 3.8) is 0 Å². The van der Waals surface area contributed by atoms with E-state index in [9.17, 15) is 4.79 Å². The van der Waals surface area contributed by atoms with Crippen LogP contribution in [0.25, 0.3) is 0 Å². The fourth-order valence-electron chi connectivity index (χ4n) is 3.08. The third-order valence-corrected chi connectivity index (χ3v) is 4.63. The lowest BCUT2D eigenvalue weighted by molar-refractivity contribution is -0.121. The molecule has 2 aromatic rings. The van der Waals surface area contributed by atoms with Crippen LogP contribution in [0.15, 0.2) is 30.9 Å². The van der Waals surface area contributed by atoms with Crippen LogP contribution >= 0.6 is 0 Å². The van der Waals surface area contributed by atoms with Crippen molar-refractivity contribution in [2.75, 3.05) is 18.4 Å². The van der Waals surface area contributed by atoms with Gasteiger partial charge < -0.3 is 5.32 Å². The first kappa shape index (κ1) is 16.6. The third kappa shape index (κ3) is 3.79. The molecule has 1 fully saturated rings. The predicted molar refractivity (Wildman–Crippen MR) is 91.3 cm³/mol. The average molecular weight is 328 g/mol. The van der Waals surface area contributed by atoms with Gasteiger partial charge in [-0.1, -0.05) is 0 Å². The summed E-state index contributed by atoms with van der Waals surface area (Å²) in [4.78, 5) is 23.4. The van der Waals surface area contributed by atoms with Gasteiger partial charge in [0.25, 0.3) is 0 Å². The van der Waals surface area contributed by atoms with Gasteiger partial charge in [-0.05, 0) is 45.8 Å². The number of anilines is 1. The molecule has 1 saturated heterocycles. The van der Waals surface area contributed by atoms with Crippen LogP contribution in [0.2, 0.25) is 0 Å². The molecule has 128 valence electrons. The molecule has 0 bridgehead atoms. The molecule has 0 spiro atoms. The normalized spacial score (nSPS) is 17.6. The summed E-state index contributed by atoms with van der Waals surface area (Å²) in [6.07, 6.45) is 8.81. The number of amides is 1. The molecule has 1 atom stereocenters. The summed E-state index contributed by atoms with van der Waals surface area (Å²) >= 11 is 0. The van der Waals surface area contributed by atoms with Gasteiger partial charge in [-0.15, -0.1) is 0 Å². The number of aromatic nitrogens is 4. The summed E-state index contributed by atoms with van der Waals surface area (Å²) in [5.74, 6) is 0.983. The van der Waals surface area contributed by atoms with E-state index in [0.29, 0.717) is 0 Å². The van der Waals surface area contributed by atoms with Gasteiger partial charge in [0.1, 0.15) is 5.82 Å². The maximum Gasteiger partial charge on any atom is 0.227 e. The molecular formula is C17H24N6O. The monoisotopic (exact) mass is 328 g/mol. The number of likely N-dealkylation sites (tertiary alicyclic amines) is 1. The molecule has 1 aliphatic heterocycles. The standard InChI is InChI=1S/C17H24N6O/c1-3-23-12-15(11-20-23)21-17(24)14-5-9-22(10-6-14)13(2)16-18-7-4-8-19-16/h4,7-8,11-14H,3,5-6,9-10H2,1-2H3,(H,21,24). The van der Waals surface area contributed by atoms with Gasteiger partial charge in [0.15, 0.2) is 0 Å². The van der Waals surface area contributed by atoms with Crippen LogP contribution in [0.4, 0.5) is 5.69 Å². The van der Waals surface area contributed by atoms with Crippen LogP contribution < -0.4 is 5.32 Å². The van der Waals surface area contributed by atoms with Crippen molar-refractivity contribution < 1.29 is 4.79 Å². The first-order valence-electron chi connectivity index (χ1n) is 8.51. The van der Waals surface area contributed by atoms with E-state index in [2.05, 4.69) is 32.2 Å². The van der Waals surface area contributed by atoms with Crippen LogP contribution in [0.1, 0.15) is 38.6 Å².